The molecule has 0 bridgehead atoms. The summed E-state index contributed by atoms with van der Waals surface area (Å²) in [5.74, 6) is 0. The topological polar surface area (TPSA) is 0 Å². The molecule has 0 fully saturated rings. The van der Waals surface area contributed by atoms with Gasteiger partial charge in [0.05, 0.1) is 0 Å². The third-order valence-corrected chi connectivity index (χ3v) is 6.78. The molecular weight excluding hydrogens is 384 g/mol. The van der Waals surface area contributed by atoms with Crippen LogP contribution in [-0.4, -0.2) is 0 Å². The van der Waals surface area contributed by atoms with Crippen molar-refractivity contribution in [1.82, 2.24) is 0 Å². The zero-order valence-corrected chi connectivity index (χ0v) is 19.9. The molecule has 0 unspecified atom stereocenters. The molecule has 0 heterocycles. The normalized spacial score (nSPS) is 16.7. The first-order chi connectivity index (χ1) is 15.4. The fraction of sp³-hybridized carbons (Fsp3) is 0.188. The molecule has 0 heteroatoms. The Labute approximate surface area is 193 Å². The number of hydrogen-bond donors (Lipinski definition) is 0. The Morgan fingerprint density at radius 2 is 1.28 bits per heavy atom. The van der Waals surface area contributed by atoms with E-state index in [2.05, 4.69) is 132 Å². The molecule has 0 amide bonds. The van der Waals surface area contributed by atoms with E-state index in [1.165, 1.54) is 55.7 Å². The van der Waals surface area contributed by atoms with Gasteiger partial charge in [0.1, 0.15) is 0 Å². The highest BCUT2D eigenvalue weighted by Gasteiger charge is 2.36. The Kier molecular flexibility index (Phi) is 5.89. The van der Waals surface area contributed by atoms with Gasteiger partial charge in [-0.15, -0.1) is 0 Å². The Morgan fingerprint density at radius 3 is 1.81 bits per heavy atom. The van der Waals surface area contributed by atoms with E-state index in [-0.39, 0.29) is 5.41 Å². The van der Waals surface area contributed by atoms with Gasteiger partial charge in [-0.3, -0.25) is 0 Å². The lowest BCUT2D eigenvalue weighted by Gasteiger charge is -2.21. The van der Waals surface area contributed by atoms with Crippen LogP contribution < -0.4 is 0 Å². The molecule has 0 saturated carbocycles. The maximum absolute atomic E-state index is 4.38. The molecule has 1 aliphatic rings. The van der Waals surface area contributed by atoms with Crippen molar-refractivity contribution in [3.8, 4) is 22.3 Å². The summed E-state index contributed by atoms with van der Waals surface area (Å²) in [6, 6.07) is 24.6. The van der Waals surface area contributed by atoms with Gasteiger partial charge in [0.2, 0.25) is 0 Å². The average Bonchev–Trinajstić information content (AvgIpc) is 3.02. The fourth-order valence-corrected chi connectivity index (χ4v) is 4.72. The van der Waals surface area contributed by atoms with Crippen LogP contribution in [0.5, 0.6) is 0 Å². The van der Waals surface area contributed by atoms with Crippen molar-refractivity contribution in [2.24, 2.45) is 0 Å². The standard InChI is InChI=1S/C32H32/c1-7-10-23(8-2)24-11-13-25(14-12-24)26-15-17-27(18-16-26)28-19-20-30-29(9-3)22(4)32(5,6)31(30)21-28/h7-21H,4H2,1-3,5-6H3/b10-7-,23-8+,29-9+. The van der Waals surface area contributed by atoms with Crippen molar-refractivity contribution in [3.05, 3.63) is 120 Å². The first-order valence-electron chi connectivity index (χ1n) is 11.4. The molecule has 0 spiro atoms. The minimum absolute atomic E-state index is 0.0341. The third kappa shape index (κ3) is 3.71. The summed E-state index contributed by atoms with van der Waals surface area (Å²) < 4.78 is 0. The van der Waals surface area contributed by atoms with Crippen LogP contribution in [0.4, 0.5) is 0 Å². The summed E-state index contributed by atoms with van der Waals surface area (Å²) in [4.78, 5) is 0. The van der Waals surface area contributed by atoms with Crippen molar-refractivity contribution in [2.75, 3.05) is 0 Å². The fourth-order valence-electron chi connectivity index (χ4n) is 4.72. The van der Waals surface area contributed by atoms with E-state index in [1.54, 1.807) is 0 Å². The van der Waals surface area contributed by atoms with E-state index in [0.29, 0.717) is 0 Å². The second kappa shape index (κ2) is 8.63. The van der Waals surface area contributed by atoms with Crippen molar-refractivity contribution in [3.63, 3.8) is 0 Å². The van der Waals surface area contributed by atoms with Gasteiger partial charge >= 0.3 is 0 Å². The molecule has 3 aromatic carbocycles. The predicted octanol–water partition coefficient (Wildman–Crippen LogP) is 9.25. The van der Waals surface area contributed by atoms with Crippen LogP contribution in [0.1, 0.15) is 51.3 Å². The molecule has 0 radical (unpaired) electrons. The van der Waals surface area contributed by atoms with Gasteiger partial charge in [-0.25, -0.2) is 0 Å². The van der Waals surface area contributed by atoms with Crippen LogP contribution in [0.2, 0.25) is 0 Å². The average molecular weight is 417 g/mol. The molecular formula is C32H32. The minimum Gasteiger partial charge on any atom is -0.0943 e. The third-order valence-electron chi connectivity index (χ3n) is 6.78. The van der Waals surface area contributed by atoms with Gasteiger partial charge in [0.15, 0.2) is 0 Å². The summed E-state index contributed by atoms with van der Waals surface area (Å²) in [6.07, 6.45) is 8.57. The van der Waals surface area contributed by atoms with E-state index < -0.39 is 0 Å². The van der Waals surface area contributed by atoms with Crippen LogP contribution in [0, 0.1) is 0 Å². The van der Waals surface area contributed by atoms with Gasteiger partial charge in [0.25, 0.3) is 0 Å². The Bertz CT molecular complexity index is 1240. The molecule has 0 aromatic heterocycles. The molecule has 0 aliphatic heterocycles. The highest BCUT2D eigenvalue weighted by Crippen LogP contribution is 2.49. The summed E-state index contributed by atoms with van der Waals surface area (Å²) in [5, 5.41) is 0. The van der Waals surface area contributed by atoms with E-state index in [4.69, 9.17) is 0 Å². The predicted molar refractivity (Wildman–Crippen MR) is 142 cm³/mol. The lowest BCUT2D eigenvalue weighted by Crippen LogP contribution is -2.14. The molecule has 0 saturated heterocycles. The zero-order valence-electron chi connectivity index (χ0n) is 19.9. The van der Waals surface area contributed by atoms with Gasteiger partial charge in [-0.05, 0) is 82.5 Å². The lowest BCUT2D eigenvalue weighted by atomic mass is 9.82. The maximum Gasteiger partial charge on any atom is 0.0153 e. The highest BCUT2D eigenvalue weighted by molar-refractivity contribution is 5.90. The first kappa shape index (κ1) is 21.8. The summed E-state index contributed by atoms with van der Waals surface area (Å²) in [5.41, 5.74) is 12.6. The van der Waals surface area contributed by atoms with Gasteiger partial charge in [-0.2, -0.15) is 0 Å². The van der Waals surface area contributed by atoms with Crippen molar-refractivity contribution < 1.29 is 0 Å². The molecule has 0 nitrogen and oxygen atoms in total. The lowest BCUT2D eigenvalue weighted by molar-refractivity contribution is 0.663. The van der Waals surface area contributed by atoms with Crippen LogP contribution in [0.15, 0.2) is 103 Å². The van der Waals surface area contributed by atoms with Crippen molar-refractivity contribution in [2.45, 2.75) is 40.0 Å². The number of allylic oxidation sites excluding steroid dienone is 7. The van der Waals surface area contributed by atoms with Gasteiger partial charge in [0, 0.05) is 5.41 Å². The highest BCUT2D eigenvalue weighted by atomic mass is 14.4. The Balaban J connectivity index is 1.63. The first-order valence-corrected chi connectivity index (χ1v) is 11.4. The Hall–Kier alpha value is -3.38. The molecule has 1 aliphatic carbocycles. The quantitative estimate of drug-likeness (QED) is 0.372. The molecule has 160 valence electrons. The zero-order chi connectivity index (χ0) is 22.9. The van der Waals surface area contributed by atoms with E-state index >= 15 is 0 Å². The molecule has 3 aromatic rings. The smallest absolute Gasteiger partial charge is 0.0153 e. The molecule has 4 rings (SSSR count). The van der Waals surface area contributed by atoms with Crippen LogP contribution in [0.3, 0.4) is 0 Å². The molecule has 32 heavy (non-hydrogen) atoms. The SMILES string of the molecule is C=C1/C(=C\C)c2ccc(-c3ccc(-c4ccc(C(/C=C\C)=C/C)cc4)cc3)cc2C1(C)C. The summed E-state index contributed by atoms with van der Waals surface area (Å²) in [7, 11) is 0. The van der Waals surface area contributed by atoms with E-state index in [1.807, 2.05) is 0 Å². The van der Waals surface area contributed by atoms with Crippen LogP contribution in [0.25, 0.3) is 33.4 Å². The summed E-state index contributed by atoms with van der Waals surface area (Å²) in [6.45, 7) is 15.2. The second-order valence-electron chi connectivity index (χ2n) is 8.96. The van der Waals surface area contributed by atoms with Crippen molar-refractivity contribution >= 4 is 11.1 Å². The van der Waals surface area contributed by atoms with Crippen LogP contribution >= 0.6 is 0 Å². The minimum atomic E-state index is -0.0341. The Morgan fingerprint density at radius 1 is 0.750 bits per heavy atom. The largest absolute Gasteiger partial charge is 0.0943 e. The summed E-state index contributed by atoms with van der Waals surface area (Å²) >= 11 is 0. The monoisotopic (exact) mass is 416 g/mol. The van der Waals surface area contributed by atoms with Gasteiger partial charge in [-0.1, -0.05) is 105 Å². The van der Waals surface area contributed by atoms with E-state index in [0.717, 1.165) is 0 Å². The van der Waals surface area contributed by atoms with Gasteiger partial charge < -0.3 is 0 Å². The number of rotatable bonds is 4. The second-order valence-corrected chi connectivity index (χ2v) is 8.96. The van der Waals surface area contributed by atoms with Crippen LogP contribution in [-0.2, 0) is 5.41 Å². The number of hydrogen-bond acceptors (Lipinski definition) is 0. The molecule has 0 atom stereocenters. The van der Waals surface area contributed by atoms with E-state index in [9.17, 15) is 0 Å². The maximum atomic E-state index is 4.38. The number of fused-ring (bicyclic) bond motifs is 1. The molecule has 0 N–H and O–H groups in total. The van der Waals surface area contributed by atoms with Crippen molar-refractivity contribution in [1.29, 1.82) is 0 Å². The number of benzene rings is 3.